The van der Waals surface area contributed by atoms with Gasteiger partial charge in [0.2, 0.25) is 5.91 Å². The fourth-order valence-electron chi connectivity index (χ4n) is 1.85. The van der Waals surface area contributed by atoms with Crippen molar-refractivity contribution in [1.29, 1.82) is 0 Å². The van der Waals surface area contributed by atoms with Gasteiger partial charge in [-0.15, -0.1) is 0 Å². The van der Waals surface area contributed by atoms with Crippen molar-refractivity contribution in [1.82, 2.24) is 5.32 Å². The number of rotatable bonds is 9. The molecule has 124 valence electrons. The number of nitrogens with one attached hydrogen (secondary N) is 1. The number of methoxy groups -OCH3 is 1. The van der Waals surface area contributed by atoms with Crippen molar-refractivity contribution in [2.75, 3.05) is 13.7 Å². The van der Waals surface area contributed by atoms with Gasteiger partial charge in [0.15, 0.2) is 0 Å². The van der Waals surface area contributed by atoms with Crippen LogP contribution in [-0.4, -0.2) is 19.6 Å². The van der Waals surface area contributed by atoms with Crippen LogP contribution in [-0.2, 0) is 13.9 Å². The number of carbonyl (C=O) groups is 1. The number of phosphoric acid groups is 1. The Morgan fingerprint density at radius 1 is 1.33 bits per heavy atom. The van der Waals surface area contributed by atoms with Gasteiger partial charge in [-0.1, -0.05) is 25.5 Å². The summed E-state index contributed by atoms with van der Waals surface area (Å²) in [7, 11) is -3.61. The predicted octanol–water partition coefficient (Wildman–Crippen LogP) is -5.10. The summed E-state index contributed by atoms with van der Waals surface area (Å²) in [5.74, 6) is 0.322. The van der Waals surface area contributed by atoms with Crippen LogP contribution in [0.5, 0.6) is 5.75 Å². The van der Waals surface area contributed by atoms with Crippen LogP contribution in [0.3, 0.4) is 0 Å². The Bertz CT molecular complexity index is 540. The number of phosphoric ester groups is 1. The summed E-state index contributed by atoms with van der Waals surface area (Å²) in [5, 5.41) is 2.67. The molecule has 0 radical (unpaired) electrons. The molecular weight excluding hydrogens is 355 g/mol. The van der Waals surface area contributed by atoms with Gasteiger partial charge < -0.3 is 28.9 Å². The third-order valence-corrected chi connectivity index (χ3v) is 3.45. The van der Waals surface area contributed by atoms with Crippen molar-refractivity contribution in [3.05, 3.63) is 29.8 Å². The molecule has 0 aliphatic rings. The van der Waals surface area contributed by atoms with Gasteiger partial charge in [-0.25, -0.2) is 0 Å². The Balaban J connectivity index is 0. The van der Waals surface area contributed by atoms with Crippen LogP contribution in [0.15, 0.2) is 24.3 Å². The number of amides is 1. The minimum Gasteiger partial charge on any atom is -0.790 e. The topological polar surface area (TPSA) is 111 Å². The molecule has 0 heterocycles. The first-order valence-electron chi connectivity index (χ1n) is 6.95. The standard InChI is InChI=1S/C14H22NO6P.2Na/c1-3-4-8-14(16)15-13(10-21-22(17,18)19)11-6-5-7-12(9-11)20-2;;/h5-7,9,13H,3-4,8,10H2,1-2H3,(H,15,16)(H2,17,18,19);;/q;2*+1/p-2. The van der Waals surface area contributed by atoms with E-state index in [4.69, 9.17) is 4.74 Å². The first-order valence-corrected chi connectivity index (χ1v) is 8.41. The SMILES string of the molecule is CCCCC(=O)NC(COP(=O)([O-])[O-])c1cccc(OC)c1.[Na+].[Na+]. The summed E-state index contributed by atoms with van der Waals surface area (Å²) in [6.07, 6.45) is 1.91. The summed E-state index contributed by atoms with van der Waals surface area (Å²) in [6.45, 7) is 1.51. The summed E-state index contributed by atoms with van der Waals surface area (Å²) in [5.41, 5.74) is 0.595. The van der Waals surface area contributed by atoms with E-state index in [9.17, 15) is 19.1 Å². The molecule has 0 aromatic heterocycles. The van der Waals surface area contributed by atoms with Gasteiger partial charge >= 0.3 is 59.1 Å². The molecule has 1 unspecified atom stereocenters. The normalized spacial score (nSPS) is 11.7. The van der Waals surface area contributed by atoms with Crippen molar-refractivity contribution < 1.29 is 87.5 Å². The molecular formula is C14H20NNa2O6P. The predicted molar refractivity (Wildman–Crippen MR) is 77.0 cm³/mol. The molecule has 1 N–H and O–H groups in total. The largest absolute Gasteiger partial charge is 1.00 e. The summed E-state index contributed by atoms with van der Waals surface area (Å²) in [6, 6.07) is 6.02. The molecule has 0 spiro atoms. The molecule has 0 saturated heterocycles. The zero-order valence-electron chi connectivity index (χ0n) is 14.6. The fraction of sp³-hybridized carbons (Fsp3) is 0.500. The van der Waals surface area contributed by atoms with Crippen LogP contribution in [0.1, 0.15) is 37.8 Å². The molecule has 1 aromatic carbocycles. The van der Waals surface area contributed by atoms with Gasteiger partial charge in [0.1, 0.15) is 5.75 Å². The van der Waals surface area contributed by atoms with E-state index in [1.807, 2.05) is 6.92 Å². The minimum absolute atomic E-state index is 0. The van der Waals surface area contributed by atoms with Gasteiger partial charge in [-0.3, -0.25) is 4.79 Å². The summed E-state index contributed by atoms with van der Waals surface area (Å²) in [4.78, 5) is 33.2. The second-order valence-corrected chi connectivity index (χ2v) is 5.90. The molecule has 1 atom stereocenters. The van der Waals surface area contributed by atoms with E-state index >= 15 is 0 Å². The Morgan fingerprint density at radius 3 is 2.54 bits per heavy atom. The maximum absolute atomic E-state index is 11.8. The van der Waals surface area contributed by atoms with E-state index < -0.39 is 20.5 Å². The van der Waals surface area contributed by atoms with E-state index in [0.717, 1.165) is 12.8 Å². The second kappa shape index (κ2) is 13.8. The molecule has 7 nitrogen and oxygen atoms in total. The summed E-state index contributed by atoms with van der Waals surface area (Å²) >= 11 is 0. The molecule has 10 heteroatoms. The van der Waals surface area contributed by atoms with Crippen LogP contribution in [0.25, 0.3) is 0 Å². The van der Waals surface area contributed by atoms with Crippen LogP contribution in [0, 0.1) is 0 Å². The van der Waals surface area contributed by atoms with E-state index in [2.05, 4.69) is 9.84 Å². The van der Waals surface area contributed by atoms with Crippen molar-refractivity contribution >= 4 is 13.7 Å². The molecule has 0 saturated carbocycles. The number of ether oxygens (including phenoxy) is 1. The van der Waals surface area contributed by atoms with Crippen molar-refractivity contribution in [3.63, 3.8) is 0 Å². The third-order valence-electron chi connectivity index (χ3n) is 2.99. The second-order valence-electron chi connectivity index (χ2n) is 4.74. The molecule has 1 amide bonds. The Hall–Kier alpha value is 0.600. The molecule has 24 heavy (non-hydrogen) atoms. The Labute approximate surface area is 186 Å². The average molecular weight is 375 g/mol. The number of hydrogen-bond acceptors (Lipinski definition) is 6. The third kappa shape index (κ3) is 11.3. The fourth-order valence-corrected chi connectivity index (χ4v) is 2.18. The van der Waals surface area contributed by atoms with Crippen molar-refractivity contribution in [3.8, 4) is 5.75 Å². The van der Waals surface area contributed by atoms with Crippen LogP contribution in [0.2, 0.25) is 0 Å². The average Bonchev–Trinajstić information content (AvgIpc) is 2.48. The number of benzene rings is 1. The van der Waals surface area contributed by atoms with E-state index in [1.54, 1.807) is 24.3 Å². The van der Waals surface area contributed by atoms with E-state index in [1.165, 1.54) is 7.11 Å². The maximum Gasteiger partial charge on any atom is 1.00 e. The number of hydrogen-bond donors (Lipinski definition) is 1. The van der Waals surface area contributed by atoms with Gasteiger partial charge in [0.25, 0.3) is 0 Å². The Kier molecular flexibility index (Phi) is 15.4. The monoisotopic (exact) mass is 375 g/mol. The number of unbranched alkanes of at least 4 members (excludes halogenated alkanes) is 1. The van der Waals surface area contributed by atoms with Gasteiger partial charge in [0, 0.05) is 6.42 Å². The van der Waals surface area contributed by atoms with Gasteiger partial charge in [0.05, 0.1) is 27.6 Å². The van der Waals surface area contributed by atoms with Gasteiger partial charge in [-0.2, -0.15) is 0 Å². The zero-order chi connectivity index (χ0) is 16.6. The van der Waals surface area contributed by atoms with Crippen molar-refractivity contribution in [2.45, 2.75) is 32.2 Å². The molecule has 1 aromatic rings. The van der Waals surface area contributed by atoms with E-state index in [0.29, 0.717) is 17.7 Å². The molecule has 0 bridgehead atoms. The first-order chi connectivity index (χ1) is 10.4. The maximum atomic E-state index is 11.8. The van der Waals surface area contributed by atoms with Crippen LogP contribution >= 0.6 is 7.82 Å². The number of carbonyl (C=O) groups excluding carboxylic acids is 1. The first kappa shape index (κ1) is 26.8. The minimum atomic E-state index is -5.11. The van der Waals surface area contributed by atoms with Gasteiger partial charge in [-0.05, 0) is 24.1 Å². The van der Waals surface area contributed by atoms with Crippen molar-refractivity contribution in [2.24, 2.45) is 0 Å². The summed E-state index contributed by atoms with van der Waals surface area (Å²) < 4.78 is 20.1. The van der Waals surface area contributed by atoms with E-state index in [-0.39, 0.29) is 65.0 Å². The Morgan fingerprint density at radius 2 is 2.00 bits per heavy atom. The molecule has 1 rings (SSSR count). The van der Waals surface area contributed by atoms with Crippen LogP contribution in [0.4, 0.5) is 0 Å². The quantitative estimate of drug-likeness (QED) is 0.342. The van der Waals surface area contributed by atoms with Crippen LogP contribution < -0.4 is 79.0 Å². The zero-order valence-corrected chi connectivity index (χ0v) is 19.5. The smallest absolute Gasteiger partial charge is 0.790 e. The molecule has 0 aliphatic carbocycles. The molecule has 0 aliphatic heterocycles. The molecule has 0 fully saturated rings.